The number of rotatable bonds is 10. The molecule has 0 fully saturated rings. The van der Waals surface area contributed by atoms with Gasteiger partial charge in [-0.1, -0.05) is 191 Å². The molecule has 12 rings (SSSR count). The first kappa shape index (κ1) is 76.6. The Bertz CT molecular complexity index is 3610. The van der Waals surface area contributed by atoms with Crippen LogP contribution in [-0.2, 0) is 48.5 Å². The maximum atomic E-state index is 3.74. The molecule has 10 heteroatoms. The first-order chi connectivity index (χ1) is 41.4. The molecule has 0 bridgehead atoms. The van der Waals surface area contributed by atoms with Crippen molar-refractivity contribution in [3.05, 3.63) is 298 Å². The monoisotopic (exact) mass is 1470 g/mol. The summed E-state index contributed by atoms with van der Waals surface area (Å²) in [6, 6.07) is 80.8. The van der Waals surface area contributed by atoms with Gasteiger partial charge in [0.15, 0.2) is 0 Å². The third-order valence-electron chi connectivity index (χ3n) is 16.2. The summed E-state index contributed by atoms with van der Waals surface area (Å²) in [6.45, 7) is 44.9. The molecular formula is C80H96Cl2Si6Zr2-2. The van der Waals surface area contributed by atoms with Crippen LogP contribution in [0.25, 0.3) is 43.1 Å². The number of hydrogen-bond donors (Lipinski definition) is 0. The van der Waals surface area contributed by atoms with Gasteiger partial charge in [-0.15, -0.1) is 90.6 Å². The summed E-state index contributed by atoms with van der Waals surface area (Å²) in [5.74, 6) is 0. The van der Waals surface area contributed by atoms with E-state index in [4.69, 9.17) is 0 Å². The Morgan fingerprint density at radius 1 is 0.289 bits per heavy atom. The van der Waals surface area contributed by atoms with Crippen molar-refractivity contribution in [1.82, 2.24) is 0 Å². The van der Waals surface area contributed by atoms with Crippen molar-refractivity contribution in [1.29, 1.82) is 0 Å². The van der Waals surface area contributed by atoms with Crippen molar-refractivity contribution >= 4 is 97.9 Å². The molecule has 0 aliphatic heterocycles. The van der Waals surface area contributed by atoms with Crippen LogP contribution >= 0.6 is 0 Å². The minimum absolute atomic E-state index is 0. The minimum atomic E-state index is -1.21. The van der Waals surface area contributed by atoms with Gasteiger partial charge in [0, 0.05) is 16.1 Å². The Kier molecular flexibility index (Phi) is 28.3. The molecule has 0 saturated heterocycles. The van der Waals surface area contributed by atoms with Crippen LogP contribution in [0.3, 0.4) is 0 Å². The van der Waals surface area contributed by atoms with Crippen molar-refractivity contribution in [2.45, 2.75) is 129 Å². The molecule has 10 aromatic rings. The summed E-state index contributed by atoms with van der Waals surface area (Å²) < 4.78 is 2.83. The molecular weight excluding hydrogens is 1380 g/mol. The largest absolute Gasteiger partial charge is 0.126 e. The first-order valence-electron chi connectivity index (χ1n) is 31.5. The summed E-state index contributed by atoms with van der Waals surface area (Å²) in [6.07, 6.45) is 12.2. The van der Waals surface area contributed by atoms with Crippen molar-refractivity contribution < 1.29 is 73.3 Å². The number of fused-ring (bicyclic) bond motifs is 6. The van der Waals surface area contributed by atoms with E-state index in [1.807, 2.05) is 10.4 Å². The Morgan fingerprint density at radius 3 is 0.678 bits per heavy atom. The molecule has 0 aromatic heterocycles. The fraction of sp³-hybridized carbons (Fsp3) is 0.250. The van der Waals surface area contributed by atoms with E-state index in [2.05, 4.69) is 373 Å². The van der Waals surface area contributed by atoms with Gasteiger partial charge in [0.25, 0.3) is 0 Å². The normalized spacial score (nSPS) is 14.8. The van der Waals surface area contributed by atoms with Crippen LogP contribution in [0.4, 0.5) is 0 Å². The summed E-state index contributed by atoms with van der Waals surface area (Å²) in [5.41, 5.74) is 6.70. The third kappa shape index (κ3) is 20.9. The van der Waals surface area contributed by atoms with Gasteiger partial charge < -0.3 is 24.8 Å². The van der Waals surface area contributed by atoms with Crippen LogP contribution in [0.15, 0.2) is 263 Å². The second-order valence-electron chi connectivity index (χ2n) is 29.7. The molecule has 0 nitrogen and oxygen atoms in total. The molecule has 0 saturated carbocycles. The van der Waals surface area contributed by atoms with Gasteiger partial charge in [-0.2, -0.15) is 10.4 Å². The summed E-state index contributed by atoms with van der Waals surface area (Å²) in [7, 11) is -7.15. The maximum absolute atomic E-state index is 3.74. The van der Waals surface area contributed by atoms with Crippen molar-refractivity contribution in [3.8, 4) is 0 Å². The summed E-state index contributed by atoms with van der Waals surface area (Å²) >= 11 is 2.92. The number of halogens is 2. The molecule has 0 radical (unpaired) electrons. The molecule has 2 aliphatic rings. The smallest absolute Gasteiger partial charge is 0.0771 e. The van der Waals surface area contributed by atoms with E-state index in [0.717, 1.165) is 0 Å². The van der Waals surface area contributed by atoms with E-state index in [0.29, 0.717) is 11.1 Å². The third-order valence-corrected chi connectivity index (χ3v) is 32.9. The number of hydrogen-bond acceptors (Lipinski definition) is 0. The van der Waals surface area contributed by atoms with E-state index >= 15 is 0 Å². The van der Waals surface area contributed by atoms with Gasteiger partial charge >= 0.3 is 198 Å². The second kappa shape index (κ2) is 33.3. The molecule has 2 atom stereocenters. The predicted molar refractivity (Wildman–Crippen MR) is 404 cm³/mol. The fourth-order valence-electron chi connectivity index (χ4n) is 11.8. The summed E-state index contributed by atoms with van der Waals surface area (Å²) in [5, 5.41) is 17.9. The Hall–Kier alpha value is -4.15. The number of benzene rings is 8. The Balaban J connectivity index is 0.000000196. The van der Waals surface area contributed by atoms with Crippen molar-refractivity contribution in [3.63, 3.8) is 0 Å². The molecule has 2 aliphatic carbocycles. The van der Waals surface area contributed by atoms with Gasteiger partial charge in [-0.05, 0) is 16.1 Å². The maximum Gasteiger partial charge on any atom is -0.0771 e. The van der Waals surface area contributed by atoms with E-state index in [-0.39, 0.29) is 24.8 Å². The molecule has 464 valence electrons. The van der Waals surface area contributed by atoms with Crippen molar-refractivity contribution in [2.75, 3.05) is 0 Å². The van der Waals surface area contributed by atoms with Gasteiger partial charge in [0.1, 0.15) is 0 Å². The standard InChI is InChI=1S/2C14H29Si3.2C13H9.2C13H10.2ClH.2Zr/c2*1-15(2,3)12-10-11-13(16(4,5)6)14(12)17(7,8)9;2*1-3-7-12-10(5-1)9-11-6-2-4-8-13(11)12;2*1-3-7-12(8-4-1)11-13-9-5-2-6-10-13;;;;/h2*10,13H,1-9H3;2*1-9H;2*1-10H;2*1H;;/q4*-1;;;;;2*+2/p-2. The SMILES string of the molecule is C[Si](C)(C)C1=C([Si](C)(C)C)C([Si](C)(C)C)[C-]=C1.C[Si](C)(C)C1=C([Si](C)(C)C)C([Si](C)(C)C)[C-]=C1.[Cl-].[Cl-].[Zr+2]=[C](c1ccccc1)c1ccccc1.[Zr+2]=[C](c1ccccc1)c1ccccc1.c1ccc2c(c1)[cH-]c1ccccc12.c1ccc2c(c1)[cH-]c1ccccc12. The predicted octanol–water partition coefficient (Wildman–Crippen LogP) is 17.3. The van der Waals surface area contributed by atoms with E-state index in [1.54, 1.807) is 10.4 Å². The molecule has 0 spiro atoms. The average Bonchev–Trinajstić information content (AvgIpc) is 2.24. The zero-order valence-corrected chi connectivity index (χ0v) is 69.4. The molecule has 2 unspecified atom stereocenters. The van der Waals surface area contributed by atoms with Crippen LogP contribution in [-0.4, -0.2) is 54.9 Å². The zero-order chi connectivity index (χ0) is 64.2. The first-order valence-corrected chi connectivity index (χ1v) is 55.1. The van der Waals surface area contributed by atoms with Gasteiger partial charge in [-0.3, -0.25) is 12.2 Å². The molecule has 0 heterocycles. The van der Waals surface area contributed by atoms with Crippen molar-refractivity contribution in [2.24, 2.45) is 0 Å². The van der Waals surface area contributed by atoms with E-state index in [1.165, 1.54) is 120 Å². The van der Waals surface area contributed by atoms with Crippen LogP contribution in [0.2, 0.25) is 129 Å². The van der Waals surface area contributed by atoms with Crippen LogP contribution in [0.5, 0.6) is 0 Å². The Labute approximate surface area is 591 Å². The van der Waals surface area contributed by atoms with Gasteiger partial charge in [0.05, 0.1) is 16.1 Å². The summed E-state index contributed by atoms with van der Waals surface area (Å²) in [4.78, 5) is 0. The molecule has 90 heavy (non-hydrogen) atoms. The quantitative estimate of drug-likeness (QED) is 0.0946. The zero-order valence-electron chi connectivity index (χ0n) is 57.0. The van der Waals surface area contributed by atoms with Crippen LogP contribution < -0.4 is 24.8 Å². The van der Waals surface area contributed by atoms with Gasteiger partial charge in [-0.25, -0.2) is 22.5 Å². The second-order valence-corrected chi connectivity index (χ2v) is 63.0. The van der Waals surface area contributed by atoms with Crippen LogP contribution in [0.1, 0.15) is 22.3 Å². The van der Waals surface area contributed by atoms with E-state index in [9.17, 15) is 0 Å². The average molecular weight is 1480 g/mol. The fourth-order valence-corrected chi connectivity index (χ4v) is 33.2. The molecule has 0 N–H and O–H groups in total. The number of allylic oxidation sites excluding steroid dienone is 8. The molecule has 10 aromatic carbocycles. The minimum Gasteiger partial charge on any atom is -0.126 e. The van der Waals surface area contributed by atoms with Gasteiger partial charge in [0.2, 0.25) is 0 Å². The molecule has 0 amide bonds. The Morgan fingerprint density at radius 2 is 0.489 bits per heavy atom. The topological polar surface area (TPSA) is 0 Å². The van der Waals surface area contributed by atoms with E-state index < -0.39 is 48.4 Å². The van der Waals surface area contributed by atoms with Crippen LogP contribution in [0, 0.1) is 12.2 Å².